The molecule has 0 spiro atoms. The SMILES string of the molecule is CCn1cnnc1CNC(=O)NC(=O)C(C)=C(C)C(=O)O. The van der Waals surface area contributed by atoms with Gasteiger partial charge in [0.15, 0.2) is 5.82 Å². The van der Waals surface area contributed by atoms with E-state index in [1.54, 1.807) is 4.57 Å². The minimum atomic E-state index is -1.21. The van der Waals surface area contributed by atoms with Crippen LogP contribution < -0.4 is 10.6 Å². The second-order valence-corrected chi connectivity index (χ2v) is 4.23. The minimum absolute atomic E-state index is 0.0330. The molecule has 3 N–H and O–H groups in total. The maximum atomic E-state index is 11.7. The Kier molecular flexibility index (Phi) is 5.58. The predicted molar refractivity (Wildman–Crippen MR) is 72.1 cm³/mol. The van der Waals surface area contributed by atoms with Crippen LogP contribution in [0.15, 0.2) is 17.5 Å². The lowest BCUT2D eigenvalue weighted by atomic mass is 10.1. The first kappa shape index (κ1) is 16.3. The van der Waals surface area contributed by atoms with Gasteiger partial charge in [-0.15, -0.1) is 10.2 Å². The smallest absolute Gasteiger partial charge is 0.331 e. The van der Waals surface area contributed by atoms with E-state index in [1.807, 2.05) is 12.2 Å². The number of imide groups is 1. The first-order valence-corrected chi connectivity index (χ1v) is 6.23. The number of nitrogens with zero attached hydrogens (tertiary/aromatic N) is 3. The van der Waals surface area contributed by atoms with Crippen molar-refractivity contribution in [2.75, 3.05) is 0 Å². The fraction of sp³-hybridized carbons (Fsp3) is 0.417. The maximum absolute atomic E-state index is 11.7. The van der Waals surface area contributed by atoms with Crippen LogP contribution in [0, 0.1) is 0 Å². The first-order valence-electron chi connectivity index (χ1n) is 6.23. The fourth-order valence-corrected chi connectivity index (χ4v) is 1.41. The zero-order valence-corrected chi connectivity index (χ0v) is 12.0. The highest BCUT2D eigenvalue weighted by Gasteiger charge is 2.15. The molecule has 1 aromatic rings. The number of carboxylic acid groups (broad SMARTS) is 1. The third-order valence-corrected chi connectivity index (χ3v) is 2.89. The van der Waals surface area contributed by atoms with Crippen molar-refractivity contribution in [1.29, 1.82) is 0 Å². The average molecular weight is 295 g/mol. The third-order valence-electron chi connectivity index (χ3n) is 2.89. The van der Waals surface area contributed by atoms with Gasteiger partial charge in [-0.2, -0.15) is 0 Å². The van der Waals surface area contributed by atoms with Crippen molar-refractivity contribution in [1.82, 2.24) is 25.4 Å². The van der Waals surface area contributed by atoms with E-state index >= 15 is 0 Å². The number of urea groups is 1. The lowest BCUT2D eigenvalue weighted by Crippen LogP contribution is -2.40. The van der Waals surface area contributed by atoms with Crippen LogP contribution in [0.3, 0.4) is 0 Å². The Hall–Kier alpha value is -2.71. The average Bonchev–Trinajstić information content (AvgIpc) is 2.90. The minimum Gasteiger partial charge on any atom is -0.478 e. The molecule has 0 fully saturated rings. The zero-order chi connectivity index (χ0) is 16.0. The van der Waals surface area contributed by atoms with Crippen LogP contribution in [-0.4, -0.2) is 37.8 Å². The van der Waals surface area contributed by atoms with E-state index in [0.717, 1.165) is 0 Å². The molecule has 1 aromatic heterocycles. The molecule has 0 aliphatic heterocycles. The molecule has 0 aliphatic carbocycles. The summed E-state index contributed by atoms with van der Waals surface area (Å²) in [6.45, 7) is 5.29. The highest BCUT2D eigenvalue weighted by molar-refractivity contribution is 6.07. The summed E-state index contributed by atoms with van der Waals surface area (Å²) in [5.74, 6) is -1.42. The van der Waals surface area contributed by atoms with Crippen molar-refractivity contribution in [3.63, 3.8) is 0 Å². The number of carboxylic acids is 1. The number of carbonyl (C=O) groups is 3. The van der Waals surface area contributed by atoms with E-state index in [0.29, 0.717) is 12.4 Å². The Labute approximate surface area is 121 Å². The molecule has 1 heterocycles. The van der Waals surface area contributed by atoms with Crippen LogP contribution in [0.5, 0.6) is 0 Å². The first-order chi connectivity index (χ1) is 9.86. The van der Waals surface area contributed by atoms with Gasteiger partial charge in [0.05, 0.1) is 6.54 Å². The summed E-state index contributed by atoms with van der Waals surface area (Å²) in [5.41, 5.74) is -0.152. The van der Waals surface area contributed by atoms with Crippen LogP contribution in [0.2, 0.25) is 0 Å². The van der Waals surface area contributed by atoms with Gasteiger partial charge in [0.1, 0.15) is 6.33 Å². The summed E-state index contributed by atoms with van der Waals surface area (Å²) in [6, 6.07) is -0.733. The number of aromatic nitrogens is 3. The van der Waals surface area contributed by atoms with E-state index in [2.05, 4.69) is 15.5 Å². The highest BCUT2D eigenvalue weighted by atomic mass is 16.4. The molecule has 3 amide bonds. The summed E-state index contributed by atoms with van der Waals surface area (Å²) >= 11 is 0. The molecule has 0 unspecified atom stereocenters. The molecule has 9 nitrogen and oxygen atoms in total. The number of rotatable bonds is 5. The number of aliphatic carboxylic acids is 1. The third kappa shape index (κ3) is 4.41. The van der Waals surface area contributed by atoms with Crippen molar-refractivity contribution in [2.45, 2.75) is 33.9 Å². The van der Waals surface area contributed by atoms with Crippen molar-refractivity contribution in [2.24, 2.45) is 0 Å². The molecule has 0 saturated heterocycles. The van der Waals surface area contributed by atoms with Gasteiger partial charge < -0.3 is 15.0 Å². The second-order valence-electron chi connectivity index (χ2n) is 4.23. The van der Waals surface area contributed by atoms with E-state index in [1.165, 1.54) is 20.2 Å². The zero-order valence-electron chi connectivity index (χ0n) is 12.0. The van der Waals surface area contributed by atoms with Gasteiger partial charge in [-0.3, -0.25) is 10.1 Å². The van der Waals surface area contributed by atoms with E-state index in [9.17, 15) is 14.4 Å². The number of hydrogen-bond acceptors (Lipinski definition) is 5. The molecule has 9 heteroatoms. The van der Waals surface area contributed by atoms with Crippen LogP contribution in [0.25, 0.3) is 0 Å². The summed E-state index contributed by atoms with van der Waals surface area (Å²) in [5, 5.41) is 20.8. The van der Waals surface area contributed by atoms with Crippen LogP contribution in [0.4, 0.5) is 4.79 Å². The van der Waals surface area contributed by atoms with E-state index in [-0.39, 0.29) is 17.7 Å². The van der Waals surface area contributed by atoms with Crippen molar-refractivity contribution < 1.29 is 19.5 Å². The number of carbonyl (C=O) groups excluding carboxylic acids is 2. The normalized spacial score (nSPS) is 11.6. The van der Waals surface area contributed by atoms with Crippen molar-refractivity contribution in [3.05, 3.63) is 23.3 Å². The van der Waals surface area contributed by atoms with E-state index in [4.69, 9.17) is 5.11 Å². The summed E-state index contributed by atoms with van der Waals surface area (Å²) < 4.78 is 1.74. The number of hydrogen-bond donors (Lipinski definition) is 3. The maximum Gasteiger partial charge on any atom is 0.331 e. The summed E-state index contributed by atoms with van der Waals surface area (Å²) in [7, 11) is 0. The van der Waals surface area contributed by atoms with Gasteiger partial charge in [-0.1, -0.05) is 0 Å². The molecule has 0 aromatic carbocycles. The van der Waals surface area contributed by atoms with Crippen LogP contribution >= 0.6 is 0 Å². The molecular weight excluding hydrogens is 278 g/mol. The monoisotopic (exact) mass is 295 g/mol. The quantitative estimate of drug-likeness (QED) is 0.659. The number of aryl methyl sites for hydroxylation is 1. The number of amides is 3. The van der Waals surface area contributed by atoms with Gasteiger partial charge in [-0.05, 0) is 20.8 Å². The van der Waals surface area contributed by atoms with Crippen molar-refractivity contribution >= 4 is 17.9 Å². The molecule has 21 heavy (non-hydrogen) atoms. The number of nitrogens with one attached hydrogen (secondary N) is 2. The van der Waals surface area contributed by atoms with Gasteiger partial charge >= 0.3 is 12.0 Å². The van der Waals surface area contributed by atoms with Crippen molar-refractivity contribution in [3.8, 4) is 0 Å². The van der Waals surface area contributed by atoms with Gasteiger partial charge in [0.25, 0.3) is 5.91 Å². The lowest BCUT2D eigenvalue weighted by molar-refractivity contribution is -0.133. The Morgan fingerprint density at radius 3 is 2.52 bits per heavy atom. The van der Waals surface area contributed by atoms with Gasteiger partial charge in [-0.25, -0.2) is 9.59 Å². The van der Waals surface area contributed by atoms with Gasteiger partial charge in [0.2, 0.25) is 0 Å². The highest BCUT2D eigenvalue weighted by Crippen LogP contribution is 2.03. The standard InChI is InChI=1S/C12H17N5O4/c1-4-17-6-14-16-9(17)5-13-12(21)15-10(18)7(2)8(3)11(19)20/h6H,4-5H2,1-3H3,(H,19,20)(H2,13,15,18,21). The molecule has 0 bridgehead atoms. The molecule has 114 valence electrons. The largest absolute Gasteiger partial charge is 0.478 e. The molecular formula is C12H17N5O4. The summed E-state index contributed by atoms with van der Waals surface area (Å²) in [6.07, 6.45) is 1.53. The molecule has 0 radical (unpaired) electrons. The van der Waals surface area contributed by atoms with Gasteiger partial charge in [0, 0.05) is 17.7 Å². The Morgan fingerprint density at radius 1 is 1.29 bits per heavy atom. The lowest BCUT2D eigenvalue weighted by Gasteiger charge is -2.08. The molecule has 0 aliphatic rings. The Bertz CT molecular complexity index is 590. The molecule has 0 saturated carbocycles. The second kappa shape index (κ2) is 7.17. The Balaban J connectivity index is 2.57. The molecule has 1 rings (SSSR count). The predicted octanol–water partition coefficient (Wildman–Crippen LogP) is 0.0448. The summed E-state index contributed by atoms with van der Waals surface area (Å²) in [4.78, 5) is 34.0. The van der Waals surface area contributed by atoms with Crippen LogP contribution in [-0.2, 0) is 22.7 Å². The molecule has 0 atom stereocenters. The van der Waals surface area contributed by atoms with Crippen LogP contribution in [0.1, 0.15) is 26.6 Å². The topological polar surface area (TPSA) is 126 Å². The fourth-order valence-electron chi connectivity index (χ4n) is 1.41. The van der Waals surface area contributed by atoms with E-state index < -0.39 is 17.9 Å². The Morgan fingerprint density at radius 2 is 1.95 bits per heavy atom.